The second-order valence-corrected chi connectivity index (χ2v) is 6.39. The molecular weight excluding hydrogens is 294 g/mol. The van der Waals surface area contributed by atoms with E-state index in [0.717, 1.165) is 18.4 Å². The van der Waals surface area contributed by atoms with E-state index < -0.39 is 0 Å². The van der Waals surface area contributed by atoms with Crippen molar-refractivity contribution in [1.82, 2.24) is 4.90 Å². The number of thiocarbonyl (C=S) groups is 1. The predicted molar refractivity (Wildman–Crippen MR) is 82.7 cm³/mol. The first kappa shape index (κ1) is 13.5. The topological polar surface area (TPSA) is 49.8 Å². The number of aromatic hydroxyl groups is 1. The van der Waals surface area contributed by atoms with Crippen LogP contribution in [0.25, 0.3) is 6.08 Å². The van der Waals surface area contributed by atoms with E-state index in [1.807, 2.05) is 0 Å². The fraction of sp³-hybridized carbons (Fsp3) is 0.286. The van der Waals surface area contributed by atoms with Gasteiger partial charge < -0.3 is 9.84 Å². The molecule has 4 nitrogen and oxygen atoms in total. The van der Waals surface area contributed by atoms with Crippen LogP contribution >= 0.6 is 24.0 Å². The average Bonchev–Trinajstić information content (AvgIpc) is 3.20. The molecule has 20 heavy (non-hydrogen) atoms. The first-order valence-electron chi connectivity index (χ1n) is 6.24. The van der Waals surface area contributed by atoms with E-state index in [0.29, 0.717) is 21.0 Å². The molecular formula is C14H13NO3S2. The second kappa shape index (κ2) is 5.10. The van der Waals surface area contributed by atoms with Crippen molar-refractivity contribution in [3.63, 3.8) is 0 Å². The summed E-state index contributed by atoms with van der Waals surface area (Å²) in [5, 5.41) is 9.57. The molecule has 0 unspecified atom stereocenters. The van der Waals surface area contributed by atoms with Crippen LogP contribution in [0.1, 0.15) is 18.4 Å². The van der Waals surface area contributed by atoms with E-state index in [1.54, 1.807) is 29.2 Å². The number of carbonyl (C=O) groups is 1. The fourth-order valence-corrected chi connectivity index (χ4v) is 3.46. The third-order valence-corrected chi connectivity index (χ3v) is 4.57. The Kier molecular flexibility index (Phi) is 3.43. The van der Waals surface area contributed by atoms with E-state index in [9.17, 15) is 9.90 Å². The first-order valence-corrected chi connectivity index (χ1v) is 7.46. The molecule has 1 aliphatic carbocycles. The van der Waals surface area contributed by atoms with Crippen molar-refractivity contribution in [1.29, 1.82) is 0 Å². The number of phenolic OH excluding ortho intramolecular Hbond substituents is 1. The maximum atomic E-state index is 12.3. The lowest BCUT2D eigenvalue weighted by molar-refractivity contribution is -0.122. The van der Waals surface area contributed by atoms with Gasteiger partial charge in [-0.3, -0.25) is 9.69 Å². The van der Waals surface area contributed by atoms with Gasteiger partial charge in [-0.1, -0.05) is 30.0 Å². The number of carbonyl (C=O) groups excluding carboxylic acids is 1. The lowest BCUT2D eigenvalue weighted by atomic mass is 10.2. The molecule has 0 atom stereocenters. The van der Waals surface area contributed by atoms with Gasteiger partial charge in [0.1, 0.15) is 4.32 Å². The summed E-state index contributed by atoms with van der Waals surface area (Å²) in [6.45, 7) is 0. The maximum absolute atomic E-state index is 12.3. The molecule has 0 aromatic heterocycles. The molecule has 1 aliphatic heterocycles. The maximum Gasteiger partial charge on any atom is 0.266 e. The summed E-state index contributed by atoms with van der Waals surface area (Å²) in [6.07, 6.45) is 3.85. The summed E-state index contributed by atoms with van der Waals surface area (Å²) in [5.74, 6) is 0.446. The molecule has 2 aliphatic rings. The monoisotopic (exact) mass is 307 g/mol. The lowest BCUT2D eigenvalue weighted by Crippen LogP contribution is -2.30. The van der Waals surface area contributed by atoms with E-state index in [1.165, 1.54) is 18.9 Å². The van der Waals surface area contributed by atoms with Crippen molar-refractivity contribution >= 4 is 40.3 Å². The summed E-state index contributed by atoms with van der Waals surface area (Å²) >= 11 is 6.59. The molecule has 1 aromatic carbocycles. The molecule has 0 bridgehead atoms. The number of benzene rings is 1. The number of rotatable bonds is 3. The quantitative estimate of drug-likeness (QED) is 0.687. The highest BCUT2D eigenvalue weighted by Gasteiger charge is 2.41. The Labute approximate surface area is 126 Å². The summed E-state index contributed by atoms with van der Waals surface area (Å²) in [6, 6.07) is 5.27. The Balaban J connectivity index is 1.89. The average molecular weight is 307 g/mol. The van der Waals surface area contributed by atoms with Gasteiger partial charge in [-0.25, -0.2) is 0 Å². The minimum atomic E-state index is -0.0189. The third kappa shape index (κ3) is 2.41. The normalized spacial score (nSPS) is 20.9. The Morgan fingerprint density at radius 1 is 1.50 bits per heavy atom. The fourth-order valence-electron chi connectivity index (χ4n) is 2.06. The predicted octanol–water partition coefficient (Wildman–Crippen LogP) is 2.76. The van der Waals surface area contributed by atoms with Crippen molar-refractivity contribution < 1.29 is 14.6 Å². The van der Waals surface area contributed by atoms with Gasteiger partial charge in [0.2, 0.25) is 0 Å². The molecule has 1 saturated carbocycles. The molecule has 104 valence electrons. The van der Waals surface area contributed by atoms with Crippen LogP contribution < -0.4 is 4.74 Å². The summed E-state index contributed by atoms with van der Waals surface area (Å²) in [7, 11) is 1.49. The van der Waals surface area contributed by atoms with Crippen LogP contribution in [0.4, 0.5) is 0 Å². The second-order valence-electron chi connectivity index (χ2n) is 4.71. The summed E-state index contributed by atoms with van der Waals surface area (Å²) in [5.41, 5.74) is 0.802. The number of nitrogens with zero attached hydrogens (tertiary/aromatic N) is 1. The molecule has 0 spiro atoms. The Morgan fingerprint density at radius 2 is 2.25 bits per heavy atom. The number of ether oxygens (including phenoxy) is 1. The van der Waals surface area contributed by atoms with Gasteiger partial charge in [-0.15, -0.1) is 0 Å². The van der Waals surface area contributed by atoms with Crippen LogP contribution in [-0.4, -0.2) is 33.4 Å². The van der Waals surface area contributed by atoms with Gasteiger partial charge in [0, 0.05) is 6.04 Å². The van der Waals surface area contributed by atoms with E-state index in [4.69, 9.17) is 17.0 Å². The van der Waals surface area contributed by atoms with E-state index in [-0.39, 0.29) is 11.7 Å². The standard InChI is InChI=1S/C14H13NO3S2/c1-18-11-6-8(2-5-10(11)16)7-12-13(17)15(9-3-4-9)14(19)20-12/h2,5-7,9,16H,3-4H2,1H3/b12-7+. The Hall–Kier alpha value is -1.53. The minimum Gasteiger partial charge on any atom is -0.504 e. The SMILES string of the molecule is COc1cc(/C=C2/SC(=S)N(C3CC3)C2=O)ccc1O. The zero-order valence-electron chi connectivity index (χ0n) is 10.8. The molecule has 1 amide bonds. The Bertz CT molecular complexity index is 623. The van der Waals surface area contributed by atoms with Crippen molar-refractivity contribution in [2.24, 2.45) is 0 Å². The molecule has 2 fully saturated rings. The van der Waals surface area contributed by atoms with Crippen LogP contribution in [0.5, 0.6) is 11.5 Å². The van der Waals surface area contributed by atoms with Gasteiger partial charge in [0.25, 0.3) is 5.91 Å². The number of phenols is 1. The van der Waals surface area contributed by atoms with Crippen LogP contribution in [0.15, 0.2) is 23.1 Å². The lowest BCUT2D eigenvalue weighted by Gasteiger charge is -2.11. The van der Waals surface area contributed by atoms with Gasteiger partial charge in [-0.05, 0) is 36.6 Å². The van der Waals surface area contributed by atoms with Crippen LogP contribution in [0.2, 0.25) is 0 Å². The number of hydrogen-bond acceptors (Lipinski definition) is 5. The smallest absolute Gasteiger partial charge is 0.266 e. The number of methoxy groups -OCH3 is 1. The molecule has 1 heterocycles. The molecule has 1 N–H and O–H groups in total. The van der Waals surface area contributed by atoms with E-state index in [2.05, 4.69) is 0 Å². The van der Waals surface area contributed by atoms with Gasteiger partial charge in [0.05, 0.1) is 12.0 Å². The first-order chi connectivity index (χ1) is 9.60. The Morgan fingerprint density at radius 3 is 2.90 bits per heavy atom. The molecule has 1 aromatic rings. The van der Waals surface area contributed by atoms with E-state index >= 15 is 0 Å². The largest absolute Gasteiger partial charge is 0.504 e. The minimum absolute atomic E-state index is 0.0189. The molecule has 3 rings (SSSR count). The molecule has 6 heteroatoms. The summed E-state index contributed by atoms with van der Waals surface area (Å²) in [4.78, 5) is 14.6. The van der Waals surface area contributed by atoms with Crippen molar-refractivity contribution in [3.05, 3.63) is 28.7 Å². The molecule has 1 saturated heterocycles. The van der Waals surface area contributed by atoms with Gasteiger partial charge >= 0.3 is 0 Å². The van der Waals surface area contributed by atoms with Crippen molar-refractivity contribution in [2.75, 3.05) is 7.11 Å². The summed E-state index contributed by atoms with van der Waals surface area (Å²) < 4.78 is 5.69. The van der Waals surface area contributed by atoms with Crippen LogP contribution in [-0.2, 0) is 4.79 Å². The molecule has 0 radical (unpaired) electrons. The number of amides is 1. The highest BCUT2D eigenvalue weighted by Crippen LogP contribution is 2.40. The van der Waals surface area contributed by atoms with Crippen molar-refractivity contribution in [2.45, 2.75) is 18.9 Å². The van der Waals surface area contributed by atoms with Gasteiger partial charge in [-0.2, -0.15) is 0 Å². The van der Waals surface area contributed by atoms with Gasteiger partial charge in [0.15, 0.2) is 11.5 Å². The zero-order valence-corrected chi connectivity index (χ0v) is 12.5. The number of hydrogen-bond donors (Lipinski definition) is 1. The zero-order chi connectivity index (χ0) is 14.3. The third-order valence-electron chi connectivity index (χ3n) is 3.24. The number of thioether (sulfide) groups is 1. The highest BCUT2D eigenvalue weighted by molar-refractivity contribution is 8.26. The van der Waals surface area contributed by atoms with Crippen LogP contribution in [0.3, 0.4) is 0 Å². The van der Waals surface area contributed by atoms with Crippen molar-refractivity contribution in [3.8, 4) is 11.5 Å². The highest BCUT2D eigenvalue weighted by atomic mass is 32.2. The van der Waals surface area contributed by atoms with Crippen LogP contribution in [0, 0.1) is 0 Å².